The van der Waals surface area contributed by atoms with Gasteiger partial charge in [0.25, 0.3) is 0 Å². The number of rotatable bonds is 5. The highest BCUT2D eigenvalue weighted by atomic mass is 15.0. The van der Waals surface area contributed by atoms with Crippen LogP contribution in [0, 0.1) is 0 Å². The second-order valence-corrected chi connectivity index (χ2v) is 17.6. The summed E-state index contributed by atoms with van der Waals surface area (Å²) in [5.74, 6) is 0. The maximum absolute atomic E-state index is 5.40. The topological polar surface area (TPSA) is 30.7 Å². The van der Waals surface area contributed by atoms with E-state index in [0.717, 1.165) is 38.4 Å². The summed E-state index contributed by atoms with van der Waals surface area (Å²) in [7, 11) is 0. The fourth-order valence-corrected chi connectivity index (χ4v) is 11.1. The van der Waals surface area contributed by atoms with E-state index >= 15 is 0 Å². The van der Waals surface area contributed by atoms with E-state index in [-0.39, 0.29) is 0 Å². The first-order valence-electron chi connectivity index (χ1n) is 23.0. The van der Waals surface area contributed by atoms with Gasteiger partial charge in [-0.2, -0.15) is 0 Å². The Morgan fingerprint density at radius 2 is 0.701 bits per heavy atom. The van der Waals surface area contributed by atoms with Crippen LogP contribution >= 0.6 is 0 Å². The first-order chi connectivity index (χ1) is 33.3. The predicted molar refractivity (Wildman–Crippen MR) is 283 cm³/mol. The lowest BCUT2D eigenvalue weighted by Crippen LogP contribution is -1.93. The molecule has 2 aromatic heterocycles. The Kier molecular flexibility index (Phi) is 8.28. The first kappa shape index (κ1) is 37.5. The molecule has 14 rings (SSSR count). The quantitative estimate of drug-likeness (QED) is 0.162. The highest BCUT2D eigenvalue weighted by Crippen LogP contribution is 2.44. The Morgan fingerprint density at radius 1 is 0.269 bits per heavy atom. The lowest BCUT2D eigenvalue weighted by Gasteiger charge is -2.17. The molecule has 0 bridgehead atoms. The molecule has 0 spiro atoms. The second kappa shape index (κ2) is 14.8. The molecule has 0 atom stereocenters. The van der Waals surface area contributed by atoms with Gasteiger partial charge in [-0.1, -0.05) is 200 Å². The van der Waals surface area contributed by atoms with Gasteiger partial charge in [-0.25, -0.2) is 4.98 Å². The number of para-hydroxylation sites is 2. The summed E-state index contributed by atoms with van der Waals surface area (Å²) >= 11 is 0. The largest absolute Gasteiger partial charge is 0.309 e. The molecule has 0 aliphatic heterocycles. The molecular formula is C64H39N3. The standard InChI is InChI=1S/C64H39N3/c1-2-16-41(17-3-1)67-61-33-11-10-22-56(61)59-38-40(34-37-62(59)67)42-35-36-54(44-19-5-4-18-43(42)44)50-29-13-26-46-45(25-12-27-48(46)50)47-28-14-31-51-49(47)30-15-32-55(51)60-39-65-63-57-23-8-6-20-52(57)53-21-7-9-24-58(53)64(63)66-60/h1-39H. The van der Waals surface area contributed by atoms with Crippen molar-refractivity contribution in [3.8, 4) is 50.3 Å². The fourth-order valence-electron chi connectivity index (χ4n) is 11.1. The Balaban J connectivity index is 0.896. The van der Waals surface area contributed by atoms with E-state index in [1.54, 1.807) is 0 Å². The molecule has 2 heterocycles. The Morgan fingerprint density at radius 3 is 1.33 bits per heavy atom. The SMILES string of the molecule is c1ccc(-n2c3ccccc3c3cc(-c4ccc(-c5cccc6c(-c7cccc8c(-c9cnc%10c%11ccccc%11c%11ccccc%11c%10n9)cccc78)cccc56)c5ccccc45)ccc32)cc1. The molecule has 0 aliphatic rings. The van der Waals surface area contributed by atoms with Crippen LogP contribution in [0.15, 0.2) is 237 Å². The zero-order valence-corrected chi connectivity index (χ0v) is 36.4. The smallest absolute Gasteiger partial charge is 0.0979 e. The van der Waals surface area contributed by atoms with Gasteiger partial charge < -0.3 is 4.57 Å². The number of hydrogen-bond donors (Lipinski definition) is 0. The molecule has 67 heavy (non-hydrogen) atoms. The molecule has 310 valence electrons. The summed E-state index contributed by atoms with van der Waals surface area (Å²) in [6.07, 6.45) is 1.95. The number of nitrogens with zero attached hydrogens (tertiary/aromatic N) is 3. The van der Waals surface area contributed by atoms with Gasteiger partial charge in [-0.05, 0) is 107 Å². The third-order valence-electron chi connectivity index (χ3n) is 14.0. The highest BCUT2D eigenvalue weighted by molar-refractivity contribution is 6.23. The molecule has 0 radical (unpaired) electrons. The van der Waals surface area contributed by atoms with Crippen molar-refractivity contribution >= 4 is 86.7 Å². The van der Waals surface area contributed by atoms with Gasteiger partial charge in [0.2, 0.25) is 0 Å². The van der Waals surface area contributed by atoms with Crippen molar-refractivity contribution in [2.75, 3.05) is 0 Å². The van der Waals surface area contributed by atoms with E-state index in [1.165, 1.54) is 98.6 Å². The zero-order chi connectivity index (χ0) is 44.0. The van der Waals surface area contributed by atoms with Crippen LogP contribution in [0.2, 0.25) is 0 Å². The predicted octanol–water partition coefficient (Wildman–Crippen LogP) is 17.2. The van der Waals surface area contributed by atoms with Crippen LogP contribution in [0.1, 0.15) is 0 Å². The van der Waals surface area contributed by atoms with Crippen LogP contribution in [-0.2, 0) is 0 Å². The van der Waals surface area contributed by atoms with Gasteiger partial charge in [-0.15, -0.1) is 0 Å². The van der Waals surface area contributed by atoms with Gasteiger partial charge in [0.15, 0.2) is 0 Å². The number of benzene rings is 12. The van der Waals surface area contributed by atoms with Gasteiger partial charge >= 0.3 is 0 Å². The Bertz CT molecular complexity index is 4300. The normalized spacial score (nSPS) is 11.9. The second-order valence-electron chi connectivity index (χ2n) is 17.6. The monoisotopic (exact) mass is 849 g/mol. The van der Waals surface area contributed by atoms with Gasteiger partial charge in [-0.3, -0.25) is 4.98 Å². The Hall–Kier alpha value is -8.92. The number of hydrogen-bond acceptors (Lipinski definition) is 2. The van der Waals surface area contributed by atoms with Crippen LogP contribution in [0.3, 0.4) is 0 Å². The van der Waals surface area contributed by atoms with E-state index in [0.29, 0.717) is 0 Å². The lowest BCUT2D eigenvalue weighted by atomic mass is 9.87. The van der Waals surface area contributed by atoms with Crippen molar-refractivity contribution in [2.45, 2.75) is 0 Å². The summed E-state index contributed by atoms with van der Waals surface area (Å²) in [6.45, 7) is 0. The molecular weight excluding hydrogens is 811 g/mol. The van der Waals surface area contributed by atoms with Crippen LogP contribution in [0.25, 0.3) is 137 Å². The molecule has 0 saturated heterocycles. The first-order valence-corrected chi connectivity index (χ1v) is 23.0. The number of aromatic nitrogens is 3. The van der Waals surface area contributed by atoms with Crippen LogP contribution < -0.4 is 0 Å². The van der Waals surface area contributed by atoms with Crippen molar-refractivity contribution in [3.05, 3.63) is 237 Å². The van der Waals surface area contributed by atoms with Crippen molar-refractivity contribution in [3.63, 3.8) is 0 Å². The average molecular weight is 850 g/mol. The van der Waals surface area contributed by atoms with Crippen LogP contribution in [0.4, 0.5) is 0 Å². The summed E-state index contributed by atoms with van der Waals surface area (Å²) in [5.41, 5.74) is 14.6. The van der Waals surface area contributed by atoms with Crippen molar-refractivity contribution in [2.24, 2.45) is 0 Å². The van der Waals surface area contributed by atoms with Crippen molar-refractivity contribution < 1.29 is 0 Å². The van der Waals surface area contributed by atoms with Crippen molar-refractivity contribution in [1.29, 1.82) is 0 Å². The zero-order valence-electron chi connectivity index (χ0n) is 36.4. The van der Waals surface area contributed by atoms with E-state index in [1.807, 2.05) is 6.20 Å². The maximum Gasteiger partial charge on any atom is 0.0979 e. The van der Waals surface area contributed by atoms with E-state index < -0.39 is 0 Å². The summed E-state index contributed by atoms with van der Waals surface area (Å²) in [6, 6.07) is 83.8. The third-order valence-corrected chi connectivity index (χ3v) is 14.0. The molecule has 14 aromatic rings. The molecule has 3 nitrogen and oxygen atoms in total. The Labute approximate surface area is 386 Å². The molecule has 0 amide bonds. The van der Waals surface area contributed by atoms with Gasteiger partial charge in [0.1, 0.15) is 0 Å². The summed E-state index contributed by atoms with van der Waals surface area (Å²) < 4.78 is 2.38. The molecule has 3 heteroatoms. The summed E-state index contributed by atoms with van der Waals surface area (Å²) in [4.78, 5) is 10.5. The minimum atomic E-state index is 0.866. The molecule has 0 N–H and O–H groups in total. The van der Waals surface area contributed by atoms with Crippen molar-refractivity contribution in [1.82, 2.24) is 14.5 Å². The molecule has 0 saturated carbocycles. The summed E-state index contributed by atoms with van der Waals surface area (Å²) in [5, 5.41) is 14.4. The minimum Gasteiger partial charge on any atom is -0.309 e. The fraction of sp³-hybridized carbons (Fsp3) is 0. The van der Waals surface area contributed by atoms with Gasteiger partial charge in [0, 0.05) is 32.8 Å². The third kappa shape index (κ3) is 5.71. The lowest BCUT2D eigenvalue weighted by molar-refractivity contribution is 1.18. The van der Waals surface area contributed by atoms with Crippen LogP contribution in [0.5, 0.6) is 0 Å². The van der Waals surface area contributed by atoms with E-state index in [2.05, 4.69) is 235 Å². The highest BCUT2D eigenvalue weighted by Gasteiger charge is 2.19. The minimum absolute atomic E-state index is 0.866. The molecule has 12 aromatic carbocycles. The van der Waals surface area contributed by atoms with E-state index in [4.69, 9.17) is 9.97 Å². The maximum atomic E-state index is 5.40. The van der Waals surface area contributed by atoms with Gasteiger partial charge in [0.05, 0.1) is 34.0 Å². The van der Waals surface area contributed by atoms with E-state index in [9.17, 15) is 0 Å². The molecule has 0 aliphatic carbocycles. The molecule has 0 fully saturated rings. The molecule has 0 unspecified atom stereocenters. The van der Waals surface area contributed by atoms with Crippen LogP contribution in [-0.4, -0.2) is 14.5 Å². The number of fused-ring (bicyclic) bond motifs is 12. The average Bonchev–Trinajstić information content (AvgIpc) is 3.74.